The topological polar surface area (TPSA) is 67.2 Å². The zero-order chi connectivity index (χ0) is 26.4. The molecule has 2 amide bonds. The Hall–Kier alpha value is -3.45. The number of fused-ring (bicyclic) bond motifs is 1. The average molecular weight is 562 g/mol. The number of hydrogen-bond acceptors (Lipinski definition) is 3. The average Bonchev–Trinajstić information content (AvgIpc) is 2.90. The van der Waals surface area contributed by atoms with E-state index in [0.29, 0.717) is 29.0 Å². The number of amides is 2. The van der Waals surface area contributed by atoms with Gasteiger partial charge in [-0.3, -0.25) is 9.36 Å². The Kier molecular flexibility index (Phi) is 8.77. The number of nitrogens with zero attached hydrogens (tertiary/aromatic N) is 3. The molecule has 0 aliphatic carbocycles. The van der Waals surface area contributed by atoms with Crippen molar-refractivity contribution < 1.29 is 4.79 Å². The summed E-state index contributed by atoms with van der Waals surface area (Å²) in [6, 6.07) is 22.0. The molecule has 0 radical (unpaired) electrons. The molecule has 7 heteroatoms. The van der Waals surface area contributed by atoms with Crippen LogP contribution < -0.4 is 10.9 Å². The zero-order valence-corrected chi connectivity index (χ0v) is 23.2. The van der Waals surface area contributed by atoms with Crippen molar-refractivity contribution in [1.82, 2.24) is 14.5 Å². The van der Waals surface area contributed by atoms with E-state index in [0.717, 1.165) is 41.4 Å². The molecule has 0 spiro atoms. The van der Waals surface area contributed by atoms with E-state index in [1.54, 1.807) is 15.5 Å². The van der Waals surface area contributed by atoms with Crippen LogP contribution in [0.4, 0.5) is 10.5 Å². The second-order valence-electron chi connectivity index (χ2n) is 9.25. The minimum Gasteiger partial charge on any atom is -0.315 e. The molecule has 0 aliphatic rings. The number of nitrogens with one attached hydrogen (secondary N) is 1. The Bertz CT molecular complexity index is 1450. The van der Waals surface area contributed by atoms with Gasteiger partial charge in [-0.05, 0) is 72.1 Å². The van der Waals surface area contributed by atoms with Gasteiger partial charge in [0.1, 0.15) is 5.82 Å². The molecular weight excluding hydrogens is 528 g/mol. The molecule has 1 heterocycles. The first-order valence-electron chi connectivity index (χ1n) is 12.8. The number of para-hydroxylation sites is 3. The molecule has 6 nitrogen and oxygen atoms in total. The minimum absolute atomic E-state index is 0.140. The van der Waals surface area contributed by atoms with Gasteiger partial charge in [-0.15, -0.1) is 0 Å². The van der Waals surface area contributed by atoms with Crippen LogP contribution in [0.1, 0.15) is 57.0 Å². The maximum atomic E-state index is 13.8. The highest BCUT2D eigenvalue weighted by Gasteiger charge is 2.27. The van der Waals surface area contributed by atoms with Gasteiger partial charge < -0.3 is 10.2 Å². The van der Waals surface area contributed by atoms with Gasteiger partial charge >= 0.3 is 6.03 Å². The number of carbonyl (C=O) groups excluding carboxylic acids is 1. The van der Waals surface area contributed by atoms with Crippen molar-refractivity contribution in [2.45, 2.75) is 52.5 Å². The van der Waals surface area contributed by atoms with Crippen molar-refractivity contribution in [3.8, 4) is 5.69 Å². The molecule has 1 N–H and O–H groups in total. The summed E-state index contributed by atoms with van der Waals surface area (Å²) < 4.78 is 2.48. The lowest BCUT2D eigenvalue weighted by atomic mass is 10.1. The summed E-state index contributed by atoms with van der Waals surface area (Å²) in [4.78, 5) is 34.3. The van der Waals surface area contributed by atoms with Crippen molar-refractivity contribution in [3.05, 3.63) is 99.0 Å². The normalized spacial score (nSPS) is 11.9. The molecule has 1 aromatic heterocycles. The highest BCUT2D eigenvalue weighted by atomic mass is 79.9. The first-order valence-corrected chi connectivity index (χ1v) is 13.6. The fourth-order valence-corrected chi connectivity index (χ4v) is 4.93. The van der Waals surface area contributed by atoms with Gasteiger partial charge in [0.2, 0.25) is 0 Å². The molecule has 0 aliphatic heterocycles. The third-order valence-electron chi connectivity index (χ3n) is 6.63. The van der Waals surface area contributed by atoms with Crippen LogP contribution in [0, 0.1) is 6.92 Å². The molecule has 0 fully saturated rings. The quantitative estimate of drug-likeness (QED) is 0.214. The van der Waals surface area contributed by atoms with E-state index in [1.165, 1.54) is 0 Å². The molecule has 1 unspecified atom stereocenters. The van der Waals surface area contributed by atoms with Crippen molar-refractivity contribution in [2.75, 3.05) is 11.9 Å². The standard InChI is InChI=1S/C30H33BrN4O2/c1-4-5-6-13-20-34(30(37)33-26-18-11-9-16-24(26)31)22(3)28-32-25-17-10-8-15-23(25)29(36)35(28)27-19-12-7-14-21(27)2/h7-12,14-19,22H,4-6,13,20H2,1-3H3,(H,33,37). The van der Waals surface area contributed by atoms with Crippen LogP contribution in [-0.4, -0.2) is 27.0 Å². The molecule has 0 saturated carbocycles. The lowest BCUT2D eigenvalue weighted by Crippen LogP contribution is -2.40. The zero-order valence-electron chi connectivity index (χ0n) is 21.6. The molecular formula is C30H33BrN4O2. The van der Waals surface area contributed by atoms with Gasteiger partial charge in [0.25, 0.3) is 5.56 Å². The molecule has 0 saturated heterocycles. The Morgan fingerprint density at radius 1 is 1.00 bits per heavy atom. The number of urea groups is 1. The van der Waals surface area contributed by atoms with Crippen LogP contribution in [0.2, 0.25) is 0 Å². The van der Waals surface area contributed by atoms with Gasteiger partial charge in [-0.1, -0.05) is 68.7 Å². The summed E-state index contributed by atoms with van der Waals surface area (Å²) in [6.45, 7) is 6.65. The van der Waals surface area contributed by atoms with E-state index in [2.05, 4.69) is 28.2 Å². The summed E-state index contributed by atoms with van der Waals surface area (Å²) in [5.41, 5.74) is 2.91. The third-order valence-corrected chi connectivity index (χ3v) is 7.32. The van der Waals surface area contributed by atoms with E-state index in [4.69, 9.17) is 4.98 Å². The Balaban J connectivity index is 1.82. The smallest absolute Gasteiger partial charge is 0.315 e. The largest absolute Gasteiger partial charge is 0.322 e. The fraction of sp³-hybridized carbons (Fsp3) is 0.300. The van der Waals surface area contributed by atoms with Crippen molar-refractivity contribution in [2.24, 2.45) is 0 Å². The van der Waals surface area contributed by atoms with Gasteiger partial charge in [0.15, 0.2) is 0 Å². The summed E-state index contributed by atoms with van der Waals surface area (Å²) in [5.74, 6) is 0.538. The molecule has 1 atom stereocenters. The maximum Gasteiger partial charge on any atom is 0.322 e. The molecule has 3 aromatic carbocycles. The third kappa shape index (κ3) is 5.93. The molecule has 0 bridgehead atoms. The maximum absolute atomic E-state index is 13.8. The summed E-state index contributed by atoms with van der Waals surface area (Å²) >= 11 is 3.52. The van der Waals surface area contributed by atoms with Gasteiger partial charge in [0, 0.05) is 11.0 Å². The Labute approximate surface area is 226 Å². The van der Waals surface area contributed by atoms with Gasteiger partial charge in [-0.25, -0.2) is 9.78 Å². The second kappa shape index (κ2) is 12.2. The number of benzene rings is 3. The number of unbranched alkanes of at least 4 members (excludes halogenated alkanes) is 3. The minimum atomic E-state index is -0.457. The van der Waals surface area contributed by atoms with Crippen LogP contribution in [0.5, 0.6) is 0 Å². The number of aromatic nitrogens is 2. The summed E-state index contributed by atoms with van der Waals surface area (Å²) in [6.07, 6.45) is 4.11. The first-order chi connectivity index (χ1) is 17.9. The Morgan fingerprint density at radius 3 is 2.46 bits per heavy atom. The first kappa shape index (κ1) is 26.6. The van der Waals surface area contributed by atoms with Crippen molar-refractivity contribution in [1.29, 1.82) is 0 Å². The number of aryl methyl sites for hydroxylation is 1. The monoisotopic (exact) mass is 560 g/mol. The van der Waals surface area contributed by atoms with E-state index in [1.807, 2.05) is 80.6 Å². The lowest BCUT2D eigenvalue weighted by Gasteiger charge is -2.31. The van der Waals surface area contributed by atoms with E-state index in [-0.39, 0.29) is 11.6 Å². The highest BCUT2D eigenvalue weighted by molar-refractivity contribution is 9.10. The molecule has 37 heavy (non-hydrogen) atoms. The van der Waals surface area contributed by atoms with E-state index < -0.39 is 6.04 Å². The molecule has 192 valence electrons. The Morgan fingerprint density at radius 2 is 1.70 bits per heavy atom. The number of rotatable bonds is 9. The molecule has 4 rings (SSSR count). The highest BCUT2D eigenvalue weighted by Crippen LogP contribution is 2.27. The van der Waals surface area contributed by atoms with Crippen LogP contribution in [0.15, 0.2) is 82.1 Å². The van der Waals surface area contributed by atoms with Crippen LogP contribution in [0.25, 0.3) is 16.6 Å². The number of anilines is 1. The van der Waals surface area contributed by atoms with Crippen molar-refractivity contribution >= 4 is 38.6 Å². The number of halogens is 1. The van der Waals surface area contributed by atoms with Gasteiger partial charge in [-0.2, -0.15) is 0 Å². The van der Waals surface area contributed by atoms with E-state index in [9.17, 15) is 9.59 Å². The summed E-state index contributed by atoms with van der Waals surface area (Å²) in [7, 11) is 0. The van der Waals surface area contributed by atoms with Gasteiger partial charge in [0.05, 0.1) is 28.3 Å². The van der Waals surface area contributed by atoms with Crippen LogP contribution in [-0.2, 0) is 0 Å². The van der Waals surface area contributed by atoms with Crippen LogP contribution >= 0.6 is 15.9 Å². The predicted octanol–water partition coefficient (Wildman–Crippen LogP) is 7.63. The SMILES string of the molecule is CCCCCCN(C(=O)Nc1ccccc1Br)C(C)c1nc2ccccc2c(=O)n1-c1ccccc1C. The number of carbonyl (C=O) groups is 1. The summed E-state index contributed by atoms with van der Waals surface area (Å²) in [5, 5.41) is 3.60. The number of hydrogen-bond donors (Lipinski definition) is 1. The predicted molar refractivity (Wildman–Crippen MR) is 155 cm³/mol. The fourth-order valence-electron chi connectivity index (χ4n) is 4.55. The van der Waals surface area contributed by atoms with Crippen molar-refractivity contribution in [3.63, 3.8) is 0 Å². The van der Waals surface area contributed by atoms with Crippen LogP contribution in [0.3, 0.4) is 0 Å². The molecule has 4 aromatic rings. The van der Waals surface area contributed by atoms with E-state index >= 15 is 0 Å². The second-order valence-corrected chi connectivity index (χ2v) is 10.1. The lowest BCUT2D eigenvalue weighted by molar-refractivity contribution is 0.187.